The number of hydrogen-bond donors (Lipinski definition) is 1. The van der Waals surface area contributed by atoms with Gasteiger partial charge in [0.25, 0.3) is 5.91 Å². The molecule has 2 aromatic carbocycles. The number of fused-ring (bicyclic) bond motifs is 1. The molecule has 1 amide bonds. The predicted molar refractivity (Wildman–Crippen MR) is 101 cm³/mol. The van der Waals surface area contributed by atoms with E-state index in [-0.39, 0.29) is 12.1 Å². The van der Waals surface area contributed by atoms with E-state index >= 15 is 0 Å². The number of hydrogen-bond acceptors (Lipinski definition) is 4. The number of rotatable bonds is 6. The van der Waals surface area contributed by atoms with Gasteiger partial charge in [-0.05, 0) is 36.2 Å². The first-order valence-electron chi connectivity index (χ1n) is 8.54. The standard InChI is InChI=1S/C20H25N3O2/c1-22(2)16-11-9-15(10-12-16)19-21-18-8-5-4-7-17(18)20(24)23(19)13-6-14-25-3/h4-5,7-12,19,21H,6,13-14H2,1-3H3. The molecule has 0 aliphatic carbocycles. The van der Waals surface area contributed by atoms with E-state index in [0.29, 0.717) is 13.2 Å². The molecule has 1 aliphatic rings. The van der Waals surface area contributed by atoms with E-state index in [9.17, 15) is 4.79 Å². The molecule has 1 unspecified atom stereocenters. The smallest absolute Gasteiger partial charge is 0.257 e. The third-order valence-electron chi connectivity index (χ3n) is 4.49. The molecular weight excluding hydrogens is 314 g/mol. The molecule has 3 rings (SSSR count). The van der Waals surface area contributed by atoms with E-state index in [1.807, 2.05) is 43.3 Å². The monoisotopic (exact) mass is 339 g/mol. The van der Waals surface area contributed by atoms with Crippen molar-refractivity contribution >= 4 is 17.3 Å². The second-order valence-electron chi connectivity index (χ2n) is 6.42. The maximum absolute atomic E-state index is 13.0. The fourth-order valence-corrected chi connectivity index (χ4v) is 3.12. The number of carbonyl (C=O) groups is 1. The summed E-state index contributed by atoms with van der Waals surface area (Å²) < 4.78 is 5.16. The minimum absolute atomic E-state index is 0.0622. The number of carbonyl (C=O) groups excluding carboxylic acids is 1. The molecule has 0 saturated carbocycles. The highest BCUT2D eigenvalue weighted by Gasteiger charge is 2.32. The van der Waals surface area contributed by atoms with Gasteiger partial charge in [0.15, 0.2) is 0 Å². The zero-order chi connectivity index (χ0) is 17.8. The molecule has 1 atom stereocenters. The Morgan fingerprint density at radius 2 is 1.84 bits per heavy atom. The maximum atomic E-state index is 13.0. The summed E-state index contributed by atoms with van der Waals surface area (Å²) in [5.74, 6) is 0.0622. The zero-order valence-electron chi connectivity index (χ0n) is 15.0. The Morgan fingerprint density at radius 1 is 1.12 bits per heavy atom. The molecule has 0 bridgehead atoms. The number of nitrogens with zero attached hydrogens (tertiary/aromatic N) is 2. The molecule has 1 aliphatic heterocycles. The number of amides is 1. The highest BCUT2D eigenvalue weighted by Crippen LogP contribution is 2.33. The van der Waals surface area contributed by atoms with Crippen LogP contribution in [-0.2, 0) is 4.74 Å². The van der Waals surface area contributed by atoms with E-state index < -0.39 is 0 Å². The number of anilines is 2. The Labute approximate surface area is 149 Å². The molecule has 5 heteroatoms. The molecule has 5 nitrogen and oxygen atoms in total. The molecule has 25 heavy (non-hydrogen) atoms. The van der Waals surface area contributed by atoms with Crippen LogP contribution in [0.2, 0.25) is 0 Å². The average molecular weight is 339 g/mol. The summed E-state index contributed by atoms with van der Waals surface area (Å²) >= 11 is 0. The second-order valence-corrected chi connectivity index (χ2v) is 6.42. The fraction of sp³-hybridized carbons (Fsp3) is 0.350. The normalized spacial score (nSPS) is 16.4. The van der Waals surface area contributed by atoms with Crippen LogP contribution >= 0.6 is 0 Å². The van der Waals surface area contributed by atoms with Crippen molar-refractivity contribution in [3.63, 3.8) is 0 Å². The van der Waals surface area contributed by atoms with Crippen LogP contribution in [0.4, 0.5) is 11.4 Å². The molecule has 132 valence electrons. The number of benzene rings is 2. The van der Waals surface area contributed by atoms with E-state index in [2.05, 4.69) is 34.5 Å². The van der Waals surface area contributed by atoms with Crippen LogP contribution in [0.3, 0.4) is 0 Å². The van der Waals surface area contributed by atoms with Crippen LogP contribution in [0.25, 0.3) is 0 Å². The quantitative estimate of drug-likeness (QED) is 0.820. The third kappa shape index (κ3) is 3.61. The molecule has 0 saturated heterocycles. The lowest BCUT2D eigenvalue weighted by Crippen LogP contribution is -2.43. The van der Waals surface area contributed by atoms with Crippen molar-refractivity contribution in [2.24, 2.45) is 0 Å². The minimum atomic E-state index is -0.171. The van der Waals surface area contributed by atoms with Gasteiger partial charge in [-0.15, -0.1) is 0 Å². The van der Waals surface area contributed by atoms with Crippen molar-refractivity contribution in [2.45, 2.75) is 12.6 Å². The van der Waals surface area contributed by atoms with Crippen LogP contribution in [0.15, 0.2) is 48.5 Å². The van der Waals surface area contributed by atoms with Gasteiger partial charge in [-0.2, -0.15) is 0 Å². The predicted octanol–water partition coefficient (Wildman–Crippen LogP) is 3.36. The Kier molecular flexibility index (Phi) is 5.24. The van der Waals surface area contributed by atoms with Gasteiger partial charge in [-0.3, -0.25) is 4.79 Å². The summed E-state index contributed by atoms with van der Waals surface area (Å²) in [7, 11) is 5.72. The second kappa shape index (κ2) is 7.57. The summed E-state index contributed by atoms with van der Waals surface area (Å²) in [4.78, 5) is 17.0. The molecule has 0 radical (unpaired) electrons. The van der Waals surface area contributed by atoms with Crippen LogP contribution in [0.5, 0.6) is 0 Å². The van der Waals surface area contributed by atoms with Crippen LogP contribution in [0.1, 0.15) is 28.5 Å². The van der Waals surface area contributed by atoms with Gasteiger partial charge in [0, 0.05) is 45.7 Å². The molecule has 0 spiro atoms. The third-order valence-corrected chi connectivity index (χ3v) is 4.49. The summed E-state index contributed by atoms with van der Waals surface area (Å²) in [6.45, 7) is 1.28. The summed E-state index contributed by atoms with van der Waals surface area (Å²) in [5, 5.41) is 3.52. The van der Waals surface area contributed by atoms with Crippen molar-refractivity contribution in [1.29, 1.82) is 0 Å². The average Bonchev–Trinajstić information content (AvgIpc) is 2.63. The summed E-state index contributed by atoms with van der Waals surface area (Å²) in [5.41, 5.74) is 3.82. The van der Waals surface area contributed by atoms with E-state index in [0.717, 1.165) is 28.9 Å². The topological polar surface area (TPSA) is 44.8 Å². The zero-order valence-corrected chi connectivity index (χ0v) is 15.0. The van der Waals surface area contributed by atoms with Gasteiger partial charge in [-0.1, -0.05) is 24.3 Å². The lowest BCUT2D eigenvalue weighted by molar-refractivity contribution is 0.0660. The van der Waals surface area contributed by atoms with Gasteiger partial charge in [0.2, 0.25) is 0 Å². The summed E-state index contributed by atoms with van der Waals surface area (Å²) in [6.07, 6.45) is 0.633. The highest BCUT2D eigenvalue weighted by molar-refractivity contribution is 6.01. The van der Waals surface area contributed by atoms with Crippen molar-refractivity contribution in [2.75, 3.05) is 44.6 Å². The van der Waals surface area contributed by atoms with Gasteiger partial charge in [0.05, 0.1) is 5.56 Å². The minimum Gasteiger partial charge on any atom is -0.385 e. The number of methoxy groups -OCH3 is 1. The lowest BCUT2D eigenvalue weighted by atomic mass is 10.0. The highest BCUT2D eigenvalue weighted by atomic mass is 16.5. The number of ether oxygens (including phenoxy) is 1. The largest absolute Gasteiger partial charge is 0.385 e. The van der Waals surface area contributed by atoms with Gasteiger partial charge < -0.3 is 19.9 Å². The molecule has 0 aromatic heterocycles. The molecule has 0 fully saturated rings. The van der Waals surface area contributed by atoms with Gasteiger partial charge >= 0.3 is 0 Å². The first-order chi connectivity index (χ1) is 12.1. The maximum Gasteiger partial charge on any atom is 0.257 e. The fourth-order valence-electron chi connectivity index (χ4n) is 3.12. The van der Waals surface area contributed by atoms with Crippen LogP contribution < -0.4 is 10.2 Å². The first-order valence-corrected chi connectivity index (χ1v) is 8.54. The van der Waals surface area contributed by atoms with Gasteiger partial charge in [0.1, 0.15) is 6.17 Å². The van der Waals surface area contributed by atoms with Crippen molar-refractivity contribution in [1.82, 2.24) is 4.90 Å². The number of para-hydroxylation sites is 1. The Bertz CT molecular complexity index is 728. The lowest BCUT2D eigenvalue weighted by Gasteiger charge is -2.38. The van der Waals surface area contributed by atoms with Crippen molar-refractivity contribution < 1.29 is 9.53 Å². The number of nitrogens with one attached hydrogen (secondary N) is 1. The van der Waals surface area contributed by atoms with E-state index in [1.165, 1.54) is 0 Å². The molecule has 1 N–H and O–H groups in total. The SMILES string of the molecule is COCCCN1C(=O)c2ccccc2NC1c1ccc(N(C)C)cc1. The Morgan fingerprint density at radius 3 is 2.52 bits per heavy atom. The summed E-state index contributed by atoms with van der Waals surface area (Å²) in [6, 6.07) is 16.0. The van der Waals surface area contributed by atoms with Crippen LogP contribution in [-0.4, -0.2) is 45.2 Å². The van der Waals surface area contributed by atoms with E-state index in [4.69, 9.17) is 4.74 Å². The Balaban J connectivity index is 1.92. The molecule has 1 heterocycles. The first kappa shape index (κ1) is 17.3. The van der Waals surface area contributed by atoms with Crippen molar-refractivity contribution in [3.8, 4) is 0 Å². The molecular formula is C20H25N3O2. The van der Waals surface area contributed by atoms with Crippen LogP contribution in [0, 0.1) is 0 Å². The van der Waals surface area contributed by atoms with Gasteiger partial charge in [-0.25, -0.2) is 0 Å². The van der Waals surface area contributed by atoms with Crippen molar-refractivity contribution in [3.05, 3.63) is 59.7 Å². The van der Waals surface area contributed by atoms with E-state index in [1.54, 1.807) is 7.11 Å². The molecule has 2 aromatic rings. The Hall–Kier alpha value is -2.53.